The summed E-state index contributed by atoms with van der Waals surface area (Å²) >= 11 is 0. The van der Waals surface area contributed by atoms with Gasteiger partial charge in [-0.25, -0.2) is 0 Å². The number of rotatable bonds is 6. The van der Waals surface area contributed by atoms with Crippen molar-refractivity contribution in [2.45, 2.75) is 45.7 Å². The zero-order valence-corrected chi connectivity index (χ0v) is 10.6. The molecule has 1 atom stereocenters. The van der Waals surface area contributed by atoms with Crippen LogP contribution in [0, 0.1) is 0 Å². The molecule has 0 spiro atoms. The minimum atomic E-state index is -0.498. The maximum absolute atomic E-state index is 11.7. The highest BCUT2D eigenvalue weighted by Crippen LogP contribution is 1.98. The van der Waals surface area contributed by atoms with E-state index < -0.39 is 6.04 Å². The van der Waals surface area contributed by atoms with Crippen molar-refractivity contribution in [3.05, 3.63) is 0 Å². The van der Waals surface area contributed by atoms with Crippen LogP contribution in [0.4, 0.5) is 0 Å². The van der Waals surface area contributed by atoms with Crippen LogP contribution in [-0.4, -0.2) is 42.4 Å². The smallest absolute Gasteiger partial charge is 0.239 e. The van der Waals surface area contributed by atoms with E-state index in [2.05, 4.69) is 5.32 Å². The molecule has 0 rings (SSSR count). The van der Waals surface area contributed by atoms with E-state index in [1.54, 1.807) is 7.05 Å². The minimum Gasteiger partial charge on any atom is -0.352 e. The molecule has 5 heteroatoms. The topological polar surface area (TPSA) is 75.4 Å². The van der Waals surface area contributed by atoms with Gasteiger partial charge in [-0.2, -0.15) is 0 Å². The van der Waals surface area contributed by atoms with Gasteiger partial charge in [0.1, 0.15) is 0 Å². The molecule has 0 saturated carbocycles. The summed E-state index contributed by atoms with van der Waals surface area (Å²) in [5.41, 5.74) is 5.68. The van der Waals surface area contributed by atoms with Crippen molar-refractivity contribution in [2.24, 2.45) is 5.73 Å². The number of carbonyl (C=O) groups is 2. The van der Waals surface area contributed by atoms with E-state index in [1.807, 2.05) is 20.8 Å². The second kappa shape index (κ2) is 7.22. The highest BCUT2D eigenvalue weighted by molar-refractivity contribution is 5.87. The Bertz CT molecular complexity index is 241. The van der Waals surface area contributed by atoms with Crippen LogP contribution in [-0.2, 0) is 9.59 Å². The third kappa shape index (κ3) is 5.70. The zero-order valence-electron chi connectivity index (χ0n) is 10.6. The van der Waals surface area contributed by atoms with Gasteiger partial charge >= 0.3 is 0 Å². The number of nitrogens with two attached hydrogens (primary N) is 1. The number of carbonyl (C=O) groups excluding carboxylic acids is 2. The molecule has 5 nitrogen and oxygen atoms in total. The summed E-state index contributed by atoms with van der Waals surface area (Å²) in [6.07, 6.45) is 1.51. The highest BCUT2D eigenvalue weighted by atomic mass is 16.2. The van der Waals surface area contributed by atoms with Gasteiger partial charge in [0.2, 0.25) is 11.8 Å². The van der Waals surface area contributed by atoms with Crippen molar-refractivity contribution >= 4 is 11.8 Å². The Morgan fingerprint density at radius 3 is 2.38 bits per heavy atom. The van der Waals surface area contributed by atoms with Gasteiger partial charge in [0, 0.05) is 13.1 Å². The summed E-state index contributed by atoms with van der Waals surface area (Å²) < 4.78 is 0. The number of hydrogen-bond acceptors (Lipinski definition) is 3. The van der Waals surface area contributed by atoms with Crippen molar-refractivity contribution in [3.8, 4) is 0 Å². The normalized spacial score (nSPS) is 12.4. The Labute approximate surface area is 97.4 Å². The van der Waals surface area contributed by atoms with Gasteiger partial charge in [-0.1, -0.05) is 13.3 Å². The van der Waals surface area contributed by atoms with Gasteiger partial charge in [-0.3, -0.25) is 9.59 Å². The van der Waals surface area contributed by atoms with Crippen molar-refractivity contribution < 1.29 is 9.59 Å². The van der Waals surface area contributed by atoms with Crippen molar-refractivity contribution in [1.29, 1.82) is 0 Å². The first kappa shape index (κ1) is 14.9. The lowest BCUT2D eigenvalue weighted by molar-refractivity contribution is -0.136. The van der Waals surface area contributed by atoms with Crippen molar-refractivity contribution in [1.82, 2.24) is 10.2 Å². The second-order valence-electron chi connectivity index (χ2n) is 4.31. The van der Waals surface area contributed by atoms with E-state index in [-0.39, 0.29) is 24.4 Å². The fourth-order valence-corrected chi connectivity index (χ4v) is 1.38. The van der Waals surface area contributed by atoms with Crippen molar-refractivity contribution in [2.75, 3.05) is 13.6 Å². The number of hydrogen-bond donors (Lipinski definition) is 2. The minimum absolute atomic E-state index is 0.0639. The molecule has 0 unspecified atom stereocenters. The van der Waals surface area contributed by atoms with Crippen LogP contribution in [0.2, 0.25) is 0 Å². The van der Waals surface area contributed by atoms with Crippen LogP contribution in [0.1, 0.15) is 33.6 Å². The maximum Gasteiger partial charge on any atom is 0.239 e. The largest absolute Gasteiger partial charge is 0.352 e. The fraction of sp³-hybridized carbons (Fsp3) is 0.818. The number of likely N-dealkylation sites (N-methyl/N-ethyl adjacent to an activating group) is 1. The van der Waals surface area contributed by atoms with Crippen LogP contribution in [0.25, 0.3) is 0 Å². The van der Waals surface area contributed by atoms with Crippen molar-refractivity contribution in [3.63, 3.8) is 0 Å². The first-order valence-electron chi connectivity index (χ1n) is 5.68. The molecule has 0 aromatic carbocycles. The third-order valence-corrected chi connectivity index (χ3v) is 2.12. The average molecular weight is 229 g/mol. The average Bonchev–Trinajstić information content (AvgIpc) is 2.15. The van der Waals surface area contributed by atoms with E-state index in [0.29, 0.717) is 6.42 Å². The molecule has 0 aromatic heterocycles. The standard InChI is InChI=1S/C11H23N3O2/c1-5-6-9(12)11(16)14(4)7-10(15)13-8(2)3/h8-9H,5-7,12H2,1-4H3,(H,13,15)/t9-/m1/s1. The quantitative estimate of drug-likeness (QED) is 0.678. The van der Waals surface area contributed by atoms with Gasteiger partial charge in [-0.05, 0) is 20.3 Å². The number of nitrogens with zero attached hydrogens (tertiary/aromatic N) is 1. The summed E-state index contributed by atoms with van der Waals surface area (Å²) in [5.74, 6) is -0.338. The van der Waals surface area contributed by atoms with Crippen LogP contribution < -0.4 is 11.1 Å². The van der Waals surface area contributed by atoms with Gasteiger partial charge in [0.25, 0.3) is 0 Å². The lowest BCUT2D eigenvalue weighted by atomic mass is 10.1. The molecule has 0 aliphatic rings. The molecule has 0 radical (unpaired) electrons. The summed E-state index contributed by atoms with van der Waals surface area (Å²) in [4.78, 5) is 24.5. The van der Waals surface area contributed by atoms with Gasteiger partial charge in [0.05, 0.1) is 12.6 Å². The summed E-state index contributed by atoms with van der Waals surface area (Å²) in [6, 6.07) is -0.415. The van der Waals surface area contributed by atoms with E-state index in [0.717, 1.165) is 6.42 Å². The molecular formula is C11H23N3O2. The third-order valence-electron chi connectivity index (χ3n) is 2.12. The lowest BCUT2D eigenvalue weighted by Gasteiger charge is -2.21. The molecular weight excluding hydrogens is 206 g/mol. The van der Waals surface area contributed by atoms with Gasteiger partial charge in [0.15, 0.2) is 0 Å². The molecule has 0 heterocycles. The predicted octanol–water partition coefficient (Wildman–Crippen LogP) is 0.0968. The molecule has 0 saturated heterocycles. The highest BCUT2D eigenvalue weighted by Gasteiger charge is 2.19. The zero-order chi connectivity index (χ0) is 12.7. The van der Waals surface area contributed by atoms with Crippen LogP contribution >= 0.6 is 0 Å². The predicted molar refractivity (Wildman–Crippen MR) is 63.8 cm³/mol. The SMILES string of the molecule is CCC[C@@H](N)C(=O)N(C)CC(=O)NC(C)C. The van der Waals surface area contributed by atoms with E-state index >= 15 is 0 Å². The number of nitrogens with one attached hydrogen (secondary N) is 1. The van der Waals surface area contributed by atoms with Gasteiger partial charge in [-0.15, -0.1) is 0 Å². The monoisotopic (exact) mass is 229 g/mol. The molecule has 0 aliphatic heterocycles. The Kier molecular flexibility index (Phi) is 6.72. The summed E-state index contributed by atoms with van der Waals surface area (Å²) in [6.45, 7) is 5.79. The molecule has 94 valence electrons. The van der Waals surface area contributed by atoms with E-state index in [1.165, 1.54) is 4.90 Å². The first-order chi connectivity index (χ1) is 7.38. The Balaban J connectivity index is 4.09. The second-order valence-corrected chi connectivity index (χ2v) is 4.31. The van der Waals surface area contributed by atoms with E-state index in [9.17, 15) is 9.59 Å². The molecule has 0 fully saturated rings. The maximum atomic E-state index is 11.7. The summed E-state index contributed by atoms with van der Waals surface area (Å²) in [7, 11) is 1.60. The van der Waals surface area contributed by atoms with Crippen LogP contribution in [0.5, 0.6) is 0 Å². The Morgan fingerprint density at radius 2 is 1.94 bits per heavy atom. The van der Waals surface area contributed by atoms with E-state index in [4.69, 9.17) is 5.73 Å². The fourth-order valence-electron chi connectivity index (χ4n) is 1.38. The first-order valence-corrected chi connectivity index (χ1v) is 5.68. The Hall–Kier alpha value is -1.10. The molecule has 16 heavy (non-hydrogen) atoms. The lowest BCUT2D eigenvalue weighted by Crippen LogP contribution is -2.46. The molecule has 0 aliphatic carbocycles. The van der Waals surface area contributed by atoms with Crippen LogP contribution in [0.15, 0.2) is 0 Å². The van der Waals surface area contributed by atoms with Gasteiger partial charge < -0.3 is 16.0 Å². The number of amides is 2. The molecule has 0 aromatic rings. The molecule has 3 N–H and O–H groups in total. The molecule has 0 bridgehead atoms. The molecule has 2 amide bonds. The summed E-state index contributed by atoms with van der Waals surface area (Å²) in [5, 5.41) is 2.73. The van der Waals surface area contributed by atoms with Crippen LogP contribution in [0.3, 0.4) is 0 Å². The Morgan fingerprint density at radius 1 is 1.38 bits per heavy atom.